The maximum Gasteiger partial charge on any atom is 0.274 e. The van der Waals surface area contributed by atoms with Crippen LogP contribution in [0, 0.1) is 17.0 Å². The topological polar surface area (TPSA) is 91.3 Å². The van der Waals surface area contributed by atoms with Gasteiger partial charge < -0.3 is 10.5 Å². The molecule has 1 heterocycles. The Balaban J connectivity index is 2.44. The molecule has 0 amide bonds. The average Bonchev–Trinajstić information content (AvgIpc) is 2.67. The molecule has 19 heavy (non-hydrogen) atoms. The minimum Gasteiger partial charge on any atom is -0.383 e. The van der Waals surface area contributed by atoms with E-state index in [0.29, 0.717) is 18.6 Å². The largest absolute Gasteiger partial charge is 0.383 e. The number of fused-ring (bicyclic) bond motifs is 1. The number of hydrogen-bond acceptors (Lipinski definition) is 6. The number of methoxy groups -OCH3 is 1. The van der Waals surface area contributed by atoms with Crippen LogP contribution in [0.3, 0.4) is 0 Å². The van der Waals surface area contributed by atoms with Gasteiger partial charge in [-0.3, -0.25) is 10.1 Å². The van der Waals surface area contributed by atoms with Crippen molar-refractivity contribution >= 4 is 27.2 Å². The molecule has 2 aromatic rings. The lowest BCUT2D eigenvalue weighted by atomic mass is 10.0. The number of hydrogen-bond donors (Lipinski definition) is 1. The van der Waals surface area contributed by atoms with E-state index in [1.165, 1.54) is 11.3 Å². The molecule has 0 saturated carbocycles. The lowest BCUT2D eigenvalue weighted by Crippen LogP contribution is -2.28. The van der Waals surface area contributed by atoms with E-state index in [4.69, 9.17) is 10.5 Å². The molecule has 2 rings (SSSR count). The second kappa shape index (κ2) is 5.60. The highest BCUT2D eigenvalue weighted by atomic mass is 32.1. The molecule has 1 aromatic carbocycles. The van der Waals surface area contributed by atoms with Crippen molar-refractivity contribution in [1.29, 1.82) is 0 Å². The summed E-state index contributed by atoms with van der Waals surface area (Å²) in [6, 6.07) is 3.07. The van der Waals surface area contributed by atoms with Crippen LogP contribution in [0.5, 0.6) is 0 Å². The molecule has 7 heteroatoms. The molecule has 1 unspecified atom stereocenters. The summed E-state index contributed by atoms with van der Waals surface area (Å²) in [7, 11) is 1.56. The van der Waals surface area contributed by atoms with E-state index in [1.807, 2.05) is 6.92 Å². The lowest BCUT2D eigenvalue weighted by molar-refractivity contribution is -0.385. The first-order valence-electron chi connectivity index (χ1n) is 5.80. The summed E-state index contributed by atoms with van der Waals surface area (Å²) in [6.45, 7) is 2.25. The molecular formula is C12H15N3O3S. The molecule has 1 atom stereocenters. The molecule has 6 nitrogen and oxygen atoms in total. The van der Waals surface area contributed by atoms with Crippen molar-refractivity contribution < 1.29 is 9.66 Å². The smallest absolute Gasteiger partial charge is 0.274 e. The van der Waals surface area contributed by atoms with Gasteiger partial charge in [0.25, 0.3) is 5.69 Å². The number of ether oxygens (including phenoxy) is 1. The first kappa shape index (κ1) is 13.9. The van der Waals surface area contributed by atoms with Gasteiger partial charge in [-0.1, -0.05) is 0 Å². The third-order valence-electron chi connectivity index (χ3n) is 2.76. The number of aryl methyl sites for hydroxylation is 1. The number of nitro groups is 1. The highest BCUT2D eigenvalue weighted by Gasteiger charge is 2.19. The van der Waals surface area contributed by atoms with Gasteiger partial charge in [-0.05, 0) is 19.4 Å². The Morgan fingerprint density at radius 3 is 2.95 bits per heavy atom. The van der Waals surface area contributed by atoms with E-state index in [0.717, 1.165) is 15.2 Å². The Bertz CT molecular complexity index is 612. The second-order valence-electron chi connectivity index (χ2n) is 4.36. The standard InChI is InChI=1S/C12H15N3O3S/c1-7-14-10-4-8(3-9(13)6-18-2)11(15(16)17)5-12(10)19-7/h4-5,9H,3,6,13H2,1-2H3. The van der Waals surface area contributed by atoms with Crippen LogP contribution in [0.4, 0.5) is 5.69 Å². The number of nitrogens with zero attached hydrogens (tertiary/aromatic N) is 2. The number of thiazole rings is 1. The maximum absolute atomic E-state index is 11.1. The summed E-state index contributed by atoms with van der Waals surface area (Å²) in [4.78, 5) is 15.1. The van der Waals surface area contributed by atoms with Crippen LogP contribution in [0.1, 0.15) is 10.6 Å². The zero-order chi connectivity index (χ0) is 14.0. The van der Waals surface area contributed by atoms with Gasteiger partial charge >= 0.3 is 0 Å². The van der Waals surface area contributed by atoms with Crippen molar-refractivity contribution in [3.8, 4) is 0 Å². The summed E-state index contributed by atoms with van der Waals surface area (Å²) >= 11 is 1.45. The van der Waals surface area contributed by atoms with Gasteiger partial charge in [0.05, 0.1) is 26.8 Å². The van der Waals surface area contributed by atoms with Crippen molar-refractivity contribution in [3.63, 3.8) is 0 Å². The van der Waals surface area contributed by atoms with Crippen molar-refractivity contribution in [2.24, 2.45) is 5.73 Å². The Kier molecular flexibility index (Phi) is 4.08. The molecule has 0 aliphatic heterocycles. The lowest BCUT2D eigenvalue weighted by Gasteiger charge is -2.10. The van der Waals surface area contributed by atoms with Gasteiger partial charge in [-0.2, -0.15) is 0 Å². The van der Waals surface area contributed by atoms with E-state index >= 15 is 0 Å². The Hall–Kier alpha value is -1.57. The summed E-state index contributed by atoms with van der Waals surface area (Å²) in [6.07, 6.45) is 0.399. The molecule has 0 radical (unpaired) electrons. The molecule has 0 aliphatic rings. The van der Waals surface area contributed by atoms with Crippen LogP contribution in [0.2, 0.25) is 0 Å². The molecular weight excluding hydrogens is 266 g/mol. The minimum atomic E-state index is -0.372. The SMILES string of the molecule is COCC(N)Cc1cc2nc(C)sc2cc1[N+](=O)[O-]. The fourth-order valence-electron chi connectivity index (χ4n) is 2.01. The predicted octanol–water partition coefficient (Wildman–Crippen LogP) is 2.03. The van der Waals surface area contributed by atoms with Gasteiger partial charge in [0.1, 0.15) is 0 Å². The van der Waals surface area contributed by atoms with Gasteiger partial charge in [-0.15, -0.1) is 11.3 Å². The fraction of sp³-hybridized carbons (Fsp3) is 0.417. The van der Waals surface area contributed by atoms with Crippen molar-refractivity contribution in [3.05, 3.63) is 32.8 Å². The zero-order valence-electron chi connectivity index (χ0n) is 10.8. The molecule has 0 fully saturated rings. The van der Waals surface area contributed by atoms with Crippen molar-refractivity contribution in [2.45, 2.75) is 19.4 Å². The maximum atomic E-state index is 11.1. The third kappa shape index (κ3) is 3.06. The fourth-order valence-corrected chi connectivity index (χ4v) is 2.85. The normalized spacial score (nSPS) is 12.8. The minimum absolute atomic E-state index is 0.0997. The summed E-state index contributed by atoms with van der Waals surface area (Å²) in [5.74, 6) is 0. The number of rotatable bonds is 5. The van der Waals surface area contributed by atoms with Crippen molar-refractivity contribution in [2.75, 3.05) is 13.7 Å². The van der Waals surface area contributed by atoms with Crippen LogP contribution >= 0.6 is 11.3 Å². The number of aromatic nitrogens is 1. The van der Waals surface area contributed by atoms with Gasteiger partial charge in [-0.25, -0.2) is 4.98 Å². The van der Waals surface area contributed by atoms with Gasteiger partial charge in [0.2, 0.25) is 0 Å². The second-order valence-corrected chi connectivity index (χ2v) is 5.59. The van der Waals surface area contributed by atoms with Crippen LogP contribution < -0.4 is 5.73 Å². The van der Waals surface area contributed by atoms with E-state index in [1.54, 1.807) is 19.2 Å². The van der Waals surface area contributed by atoms with E-state index in [2.05, 4.69) is 4.98 Å². The molecule has 102 valence electrons. The first-order valence-corrected chi connectivity index (χ1v) is 6.62. The Morgan fingerprint density at radius 2 is 2.32 bits per heavy atom. The quantitative estimate of drug-likeness (QED) is 0.668. The third-order valence-corrected chi connectivity index (χ3v) is 3.69. The number of nitro benzene ring substituents is 1. The molecule has 2 N–H and O–H groups in total. The first-order chi connectivity index (χ1) is 9.01. The van der Waals surface area contributed by atoms with Crippen LogP contribution in [-0.2, 0) is 11.2 Å². The zero-order valence-corrected chi connectivity index (χ0v) is 11.6. The molecule has 0 saturated heterocycles. The predicted molar refractivity (Wildman–Crippen MR) is 74.6 cm³/mol. The molecule has 0 spiro atoms. The highest BCUT2D eigenvalue weighted by Crippen LogP contribution is 2.30. The highest BCUT2D eigenvalue weighted by molar-refractivity contribution is 7.18. The van der Waals surface area contributed by atoms with E-state index in [9.17, 15) is 10.1 Å². The van der Waals surface area contributed by atoms with Crippen LogP contribution in [0.25, 0.3) is 10.2 Å². The van der Waals surface area contributed by atoms with Crippen LogP contribution in [0.15, 0.2) is 12.1 Å². The molecule has 1 aromatic heterocycles. The average molecular weight is 281 g/mol. The summed E-state index contributed by atoms with van der Waals surface area (Å²) in [5, 5.41) is 12.0. The molecule has 0 bridgehead atoms. The van der Waals surface area contributed by atoms with E-state index in [-0.39, 0.29) is 16.7 Å². The monoisotopic (exact) mass is 281 g/mol. The number of benzene rings is 1. The summed E-state index contributed by atoms with van der Waals surface area (Å²) < 4.78 is 5.79. The van der Waals surface area contributed by atoms with E-state index < -0.39 is 0 Å². The Labute approximate surface area is 114 Å². The molecule has 0 aliphatic carbocycles. The number of nitrogens with two attached hydrogens (primary N) is 1. The Morgan fingerprint density at radius 1 is 1.58 bits per heavy atom. The van der Waals surface area contributed by atoms with Crippen molar-refractivity contribution in [1.82, 2.24) is 4.98 Å². The van der Waals surface area contributed by atoms with Crippen LogP contribution in [-0.4, -0.2) is 29.7 Å². The van der Waals surface area contributed by atoms with Gasteiger partial charge in [0.15, 0.2) is 0 Å². The summed E-state index contributed by atoms with van der Waals surface area (Å²) in [5.41, 5.74) is 7.36. The van der Waals surface area contributed by atoms with Gasteiger partial charge in [0, 0.05) is 24.8 Å².